The molecule has 0 aliphatic carbocycles. The molecule has 0 N–H and O–H groups in total. The summed E-state index contributed by atoms with van der Waals surface area (Å²) in [6.07, 6.45) is 0.236. The first kappa shape index (κ1) is 18.0. The molecule has 7 nitrogen and oxygen atoms in total. The Labute approximate surface area is 160 Å². The summed E-state index contributed by atoms with van der Waals surface area (Å²) in [6.45, 7) is 0.381. The molecule has 1 atom stereocenters. The first-order valence-electron chi connectivity index (χ1n) is 8.71. The third-order valence-corrected chi connectivity index (χ3v) is 4.68. The van der Waals surface area contributed by atoms with Crippen LogP contribution in [0, 0.1) is 5.82 Å². The number of hydrogen-bond acceptors (Lipinski definition) is 6. The van der Waals surface area contributed by atoms with E-state index in [0.29, 0.717) is 41.0 Å². The van der Waals surface area contributed by atoms with E-state index < -0.39 is 0 Å². The van der Waals surface area contributed by atoms with Gasteiger partial charge < -0.3 is 18.9 Å². The number of ether oxygens (including phenoxy) is 2. The van der Waals surface area contributed by atoms with Gasteiger partial charge >= 0.3 is 0 Å². The Morgan fingerprint density at radius 2 is 2.04 bits per heavy atom. The molecule has 1 aliphatic heterocycles. The predicted octanol–water partition coefficient (Wildman–Crippen LogP) is 3.41. The molecular formula is C20H18FN3O4. The van der Waals surface area contributed by atoms with Gasteiger partial charge in [-0.1, -0.05) is 17.3 Å². The summed E-state index contributed by atoms with van der Waals surface area (Å²) in [6, 6.07) is 11.2. The molecule has 0 bridgehead atoms. The van der Waals surface area contributed by atoms with Crippen molar-refractivity contribution in [3.63, 3.8) is 0 Å². The van der Waals surface area contributed by atoms with Gasteiger partial charge in [-0.25, -0.2) is 4.39 Å². The molecule has 1 unspecified atom stereocenters. The predicted molar refractivity (Wildman–Crippen MR) is 98.9 cm³/mol. The highest BCUT2D eigenvalue weighted by Gasteiger charge is 2.36. The van der Waals surface area contributed by atoms with E-state index in [9.17, 15) is 9.18 Å². The standard InChI is InChI=1S/C20H18FN3O4/c1-26-15-6-7-16(17(10-15)27-2)24-11-13(9-18(24)25)20-22-19(23-28-20)12-4-3-5-14(21)8-12/h3-8,10,13H,9,11H2,1-2H3. The number of amides is 1. The van der Waals surface area contributed by atoms with E-state index >= 15 is 0 Å². The van der Waals surface area contributed by atoms with E-state index in [2.05, 4.69) is 10.1 Å². The maximum atomic E-state index is 13.4. The molecular weight excluding hydrogens is 365 g/mol. The molecule has 1 aliphatic rings. The first-order chi connectivity index (χ1) is 13.6. The quantitative estimate of drug-likeness (QED) is 0.672. The third-order valence-electron chi connectivity index (χ3n) is 4.68. The lowest BCUT2D eigenvalue weighted by Crippen LogP contribution is -2.24. The lowest BCUT2D eigenvalue weighted by Gasteiger charge is -2.19. The van der Waals surface area contributed by atoms with Crippen molar-refractivity contribution in [3.05, 3.63) is 54.2 Å². The van der Waals surface area contributed by atoms with Crippen molar-refractivity contribution < 1.29 is 23.2 Å². The third kappa shape index (κ3) is 3.28. The first-order valence-corrected chi connectivity index (χ1v) is 8.71. The molecule has 8 heteroatoms. The van der Waals surface area contributed by atoms with Gasteiger partial charge in [-0.2, -0.15) is 4.98 Å². The van der Waals surface area contributed by atoms with Gasteiger partial charge in [-0.15, -0.1) is 0 Å². The van der Waals surface area contributed by atoms with Gasteiger partial charge in [-0.05, 0) is 24.3 Å². The number of carbonyl (C=O) groups excluding carboxylic acids is 1. The van der Waals surface area contributed by atoms with Crippen LogP contribution in [0.2, 0.25) is 0 Å². The van der Waals surface area contributed by atoms with Crippen LogP contribution in [0.3, 0.4) is 0 Å². The smallest absolute Gasteiger partial charge is 0.232 e. The monoisotopic (exact) mass is 383 g/mol. The van der Waals surface area contributed by atoms with Gasteiger partial charge in [0, 0.05) is 24.6 Å². The Balaban J connectivity index is 1.57. The Hall–Kier alpha value is -3.42. The summed E-state index contributed by atoms with van der Waals surface area (Å²) in [5.74, 6) is 1.12. The van der Waals surface area contributed by atoms with Gasteiger partial charge in [0.05, 0.1) is 25.8 Å². The van der Waals surface area contributed by atoms with Crippen LogP contribution in [-0.2, 0) is 4.79 Å². The zero-order valence-electron chi connectivity index (χ0n) is 15.4. The number of benzene rings is 2. The fourth-order valence-corrected chi connectivity index (χ4v) is 3.26. The average molecular weight is 383 g/mol. The molecule has 1 aromatic heterocycles. The molecule has 2 heterocycles. The summed E-state index contributed by atoms with van der Waals surface area (Å²) in [7, 11) is 3.11. The zero-order valence-corrected chi connectivity index (χ0v) is 15.4. The van der Waals surface area contributed by atoms with Gasteiger partial charge in [-0.3, -0.25) is 4.79 Å². The molecule has 4 rings (SSSR count). The molecule has 144 valence electrons. The van der Waals surface area contributed by atoms with E-state index in [1.165, 1.54) is 12.1 Å². The van der Waals surface area contributed by atoms with Crippen LogP contribution in [-0.4, -0.2) is 36.8 Å². The summed E-state index contributed by atoms with van der Waals surface area (Å²) in [5.41, 5.74) is 1.17. The van der Waals surface area contributed by atoms with Crippen molar-refractivity contribution in [2.45, 2.75) is 12.3 Å². The van der Waals surface area contributed by atoms with Gasteiger partial charge in [0.2, 0.25) is 17.6 Å². The Morgan fingerprint density at radius 1 is 1.18 bits per heavy atom. The summed E-state index contributed by atoms with van der Waals surface area (Å²) >= 11 is 0. The fourth-order valence-electron chi connectivity index (χ4n) is 3.26. The van der Waals surface area contributed by atoms with E-state index in [0.717, 1.165) is 0 Å². The van der Waals surface area contributed by atoms with Crippen LogP contribution in [0.25, 0.3) is 11.4 Å². The second-order valence-electron chi connectivity index (χ2n) is 6.41. The van der Waals surface area contributed by atoms with Crippen LogP contribution in [0.15, 0.2) is 47.0 Å². The maximum Gasteiger partial charge on any atom is 0.232 e. The molecule has 1 saturated heterocycles. The van der Waals surface area contributed by atoms with Crippen molar-refractivity contribution in [3.8, 4) is 22.9 Å². The zero-order chi connectivity index (χ0) is 19.7. The molecule has 0 radical (unpaired) electrons. The second kappa shape index (κ2) is 7.30. The minimum atomic E-state index is -0.377. The van der Waals surface area contributed by atoms with Gasteiger partial charge in [0.15, 0.2) is 0 Å². The highest BCUT2D eigenvalue weighted by molar-refractivity contribution is 5.97. The number of halogens is 1. The molecule has 1 amide bonds. The van der Waals surface area contributed by atoms with Crippen LogP contribution >= 0.6 is 0 Å². The van der Waals surface area contributed by atoms with E-state index in [-0.39, 0.29) is 24.1 Å². The normalized spacial score (nSPS) is 16.5. The van der Waals surface area contributed by atoms with Crippen molar-refractivity contribution in [1.82, 2.24) is 10.1 Å². The summed E-state index contributed by atoms with van der Waals surface area (Å²) < 4.78 is 29.4. The number of rotatable bonds is 5. The molecule has 3 aromatic rings. The van der Waals surface area contributed by atoms with Crippen molar-refractivity contribution in [1.29, 1.82) is 0 Å². The van der Waals surface area contributed by atoms with E-state index in [4.69, 9.17) is 14.0 Å². The number of nitrogens with zero attached hydrogens (tertiary/aromatic N) is 3. The maximum absolute atomic E-state index is 13.4. The van der Waals surface area contributed by atoms with Crippen LogP contribution in [0.1, 0.15) is 18.2 Å². The highest BCUT2D eigenvalue weighted by Crippen LogP contribution is 2.38. The van der Waals surface area contributed by atoms with Crippen LogP contribution in [0.4, 0.5) is 10.1 Å². The number of hydrogen-bond donors (Lipinski definition) is 0. The number of carbonyl (C=O) groups is 1. The van der Waals surface area contributed by atoms with Crippen molar-refractivity contribution >= 4 is 11.6 Å². The minimum absolute atomic E-state index is 0.0704. The van der Waals surface area contributed by atoms with E-state index in [1.807, 2.05) is 0 Å². The molecule has 1 fully saturated rings. The Bertz CT molecular complexity index is 1020. The number of anilines is 1. The second-order valence-corrected chi connectivity index (χ2v) is 6.41. The lowest BCUT2D eigenvalue weighted by molar-refractivity contribution is -0.117. The molecule has 2 aromatic carbocycles. The molecule has 0 spiro atoms. The Kier molecular flexibility index (Phi) is 4.68. The number of aromatic nitrogens is 2. The summed E-state index contributed by atoms with van der Waals surface area (Å²) in [4.78, 5) is 18.6. The summed E-state index contributed by atoms with van der Waals surface area (Å²) in [5, 5.41) is 3.93. The SMILES string of the molecule is COc1ccc(N2CC(c3nc(-c4cccc(F)c4)no3)CC2=O)c(OC)c1. The fraction of sp³-hybridized carbons (Fsp3) is 0.250. The topological polar surface area (TPSA) is 77.7 Å². The van der Waals surface area contributed by atoms with Crippen LogP contribution < -0.4 is 14.4 Å². The molecule has 0 saturated carbocycles. The Morgan fingerprint density at radius 3 is 2.79 bits per heavy atom. The lowest BCUT2D eigenvalue weighted by atomic mass is 10.1. The number of methoxy groups -OCH3 is 2. The van der Waals surface area contributed by atoms with Crippen molar-refractivity contribution in [2.75, 3.05) is 25.7 Å². The van der Waals surface area contributed by atoms with Gasteiger partial charge in [0.1, 0.15) is 17.3 Å². The van der Waals surface area contributed by atoms with Crippen molar-refractivity contribution in [2.24, 2.45) is 0 Å². The van der Waals surface area contributed by atoms with E-state index in [1.54, 1.807) is 49.5 Å². The van der Waals surface area contributed by atoms with Crippen LogP contribution in [0.5, 0.6) is 11.5 Å². The average Bonchev–Trinajstić information content (AvgIpc) is 3.34. The molecule has 28 heavy (non-hydrogen) atoms. The largest absolute Gasteiger partial charge is 0.497 e. The van der Waals surface area contributed by atoms with Gasteiger partial charge in [0.25, 0.3) is 0 Å². The minimum Gasteiger partial charge on any atom is -0.497 e. The highest BCUT2D eigenvalue weighted by atomic mass is 19.1.